The molecule has 0 aromatic rings. The Balaban J connectivity index is 1.86. The summed E-state index contributed by atoms with van der Waals surface area (Å²) in [4.78, 5) is 21.4. The van der Waals surface area contributed by atoms with Gasteiger partial charge in [-0.2, -0.15) is 0 Å². The first-order valence-corrected chi connectivity index (χ1v) is 5.67. The van der Waals surface area contributed by atoms with Gasteiger partial charge in [-0.3, -0.25) is 9.59 Å². The zero-order chi connectivity index (χ0) is 11.1. The minimum absolute atomic E-state index is 0.0213. The van der Waals surface area contributed by atoms with Gasteiger partial charge in [0.25, 0.3) is 0 Å². The summed E-state index contributed by atoms with van der Waals surface area (Å²) in [6.07, 6.45) is 5.82. The van der Waals surface area contributed by atoms with Crippen molar-refractivity contribution in [2.45, 2.75) is 44.9 Å². The Labute approximate surface area is 90.0 Å². The number of carbonyl (C=O) groups excluding carboxylic acids is 1. The first kappa shape index (κ1) is 12.0. The zero-order valence-electron chi connectivity index (χ0n) is 9.00. The Bertz CT molecular complexity index is 224. The van der Waals surface area contributed by atoms with E-state index in [9.17, 15) is 9.59 Å². The number of hydrogen-bond donors (Lipinski definition) is 2. The van der Waals surface area contributed by atoms with Crippen LogP contribution in [0.4, 0.5) is 0 Å². The summed E-state index contributed by atoms with van der Waals surface area (Å²) in [6, 6.07) is 0. The predicted molar refractivity (Wildman–Crippen MR) is 56.5 cm³/mol. The molecule has 0 aromatic heterocycles. The number of nitrogens with one attached hydrogen (secondary N) is 1. The molecule has 0 aliphatic heterocycles. The van der Waals surface area contributed by atoms with Gasteiger partial charge in [0.2, 0.25) is 5.91 Å². The number of carbonyl (C=O) groups is 2. The molecular weight excluding hydrogens is 194 g/mol. The second kappa shape index (κ2) is 6.43. The van der Waals surface area contributed by atoms with E-state index >= 15 is 0 Å². The van der Waals surface area contributed by atoms with E-state index in [1.807, 2.05) is 0 Å². The Morgan fingerprint density at radius 2 is 1.93 bits per heavy atom. The van der Waals surface area contributed by atoms with Crippen LogP contribution < -0.4 is 5.32 Å². The highest BCUT2D eigenvalue weighted by molar-refractivity contribution is 5.76. The fourth-order valence-corrected chi connectivity index (χ4v) is 1.51. The van der Waals surface area contributed by atoms with Crippen molar-refractivity contribution in [3.05, 3.63) is 0 Å². The van der Waals surface area contributed by atoms with Gasteiger partial charge in [-0.25, -0.2) is 0 Å². The lowest BCUT2D eigenvalue weighted by atomic mass is 10.2. The van der Waals surface area contributed by atoms with Crippen LogP contribution >= 0.6 is 0 Å². The minimum atomic E-state index is -0.837. The lowest BCUT2D eigenvalue weighted by Gasteiger charge is -2.03. The molecule has 1 aliphatic rings. The van der Waals surface area contributed by atoms with Gasteiger partial charge in [0.15, 0.2) is 0 Å². The third-order valence-corrected chi connectivity index (χ3v) is 2.60. The van der Waals surface area contributed by atoms with E-state index in [1.165, 1.54) is 19.3 Å². The molecule has 1 aliphatic carbocycles. The number of carboxylic acid groups (broad SMARTS) is 1. The Hall–Kier alpha value is -1.06. The van der Waals surface area contributed by atoms with Gasteiger partial charge >= 0.3 is 5.97 Å². The molecule has 1 fully saturated rings. The van der Waals surface area contributed by atoms with E-state index in [0.717, 1.165) is 18.9 Å². The summed E-state index contributed by atoms with van der Waals surface area (Å²) in [7, 11) is 0. The molecule has 0 unspecified atom stereocenters. The molecule has 0 saturated heterocycles. The topological polar surface area (TPSA) is 66.4 Å². The van der Waals surface area contributed by atoms with Crippen molar-refractivity contribution in [2.24, 2.45) is 5.92 Å². The van der Waals surface area contributed by atoms with E-state index in [2.05, 4.69) is 5.32 Å². The predicted octanol–water partition coefficient (Wildman–Crippen LogP) is 1.55. The second-order valence-electron chi connectivity index (χ2n) is 4.18. The van der Waals surface area contributed by atoms with Crippen LogP contribution in [0.5, 0.6) is 0 Å². The molecule has 1 saturated carbocycles. The molecule has 0 aromatic carbocycles. The Kier molecular flexibility index (Phi) is 5.15. The Morgan fingerprint density at radius 1 is 1.20 bits per heavy atom. The fourth-order valence-electron chi connectivity index (χ4n) is 1.51. The van der Waals surface area contributed by atoms with Crippen LogP contribution in [0.25, 0.3) is 0 Å². The molecular formula is C11H19NO3. The molecule has 4 nitrogen and oxygen atoms in total. The molecule has 4 heteroatoms. The summed E-state index contributed by atoms with van der Waals surface area (Å²) in [5.41, 5.74) is 0. The van der Waals surface area contributed by atoms with Gasteiger partial charge in [-0.1, -0.05) is 12.8 Å². The number of amides is 1. The lowest BCUT2D eigenvalue weighted by molar-refractivity contribution is -0.137. The van der Waals surface area contributed by atoms with Gasteiger partial charge < -0.3 is 10.4 Å². The van der Waals surface area contributed by atoms with Crippen molar-refractivity contribution >= 4 is 11.9 Å². The van der Waals surface area contributed by atoms with E-state index in [0.29, 0.717) is 12.8 Å². The van der Waals surface area contributed by atoms with Crippen LogP contribution in [0.2, 0.25) is 0 Å². The molecule has 0 bridgehead atoms. The number of rotatable bonds is 8. The molecule has 0 radical (unpaired) electrons. The summed E-state index contributed by atoms with van der Waals surface area (Å²) >= 11 is 0. The lowest BCUT2D eigenvalue weighted by Crippen LogP contribution is -2.24. The van der Waals surface area contributed by atoms with Crippen LogP contribution in [0.1, 0.15) is 44.9 Å². The van der Waals surface area contributed by atoms with E-state index < -0.39 is 5.97 Å². The van der Waals surface area contributed by atoms with Crippen molar-refractivity contribution in [1.82, 2.24) is 5.32 Å². The van der Waals surface area contributed by atoms with Crippen LogP contribution in [-0.2, 0) is 9.59 Å². The fraction of sp³-hybridized carbons (Fsp3) is 0.818. The standard InChI is InChI=1S/C11H19NO3/c13-10(4-1-5-11(14)15)12-8-2-3-9-6-7-9/h9H,1-8H2,(H,12,13)(H,14,15). The smallest absolute Gasteiger partial charge is 0.303 e. The average molecular weight is 213 g/mol. The summed E-state index contributed by atoms with van der Waals surface area (Å²) in [5, 5.41) is 11.2. The molecule has 1 rings (SSSR count). The van der Waals surface area contributed by atoms with Crippen LogP contribution in [0, 0.1) is 5.92 Å². The van der Waals surface area contributed by atoms with Crippen LogP contribution in [-0.4, -0.2) is 23.5 Å². The molecule has 1 amide bonds. The van der Waals surface area contributed by atoms with Gasteiger partial charge in [-0.05, 0) is 25.2 Å². The van der Waals surface area contributed by atoms with Gasteiger partial charge in [-0.15, -0.1) is 0 Å². The maximum absolute atomic E-state index is 11.2. The normalized spacial score (nSPS) is 14.9. The quantitative estimate of drug-likeness (QED) is 0.601. The molecule has 2 N–H and O–H groups in total. The number of aliphatic carboxylic acids is 1. The number of carboxylic acids is 1. The van der Waals surface area contributed by atoms with Crippen molar-refractivity contribution in [1.29, 1.82) is 0 Å². The minimum Gasteiger partial charge on any atom is -0.481 e. The second-order valence-corrected chi connectivity index (χ2v) is 4.18. The van der Waals surface area contributed by atoms with E-state index in [-0.39, 0.29) is 12.3 Å². The first-order valence-electron chi connectivity index (χ1n) is 5.67. The molecule has 0 heterocycles. The summed E-state index contributed by atoms with van der Waals surface area (Å²) in [6.45, 7) is 0.738. The maximum Gasteiger partial charge on any atom is 0.303 e. The first-order chi connectivity index (χ1) is 7.18. The monoisotopic (exact) mass is 213 g/mol. The zero-order valence-corrected chi connectivity index (χ0v) is 9.00. The molecule has 86 valence electrons. The highest BCUT2D eigenvalue weighted by Gasteiger charge is 2.19. The molecule has 15 heavy (non-hydrogen) atoms. The van der Waals surface area contributed by atoms with Crippen LogP contribution in [0.15, 0.2) is 0 Å². The largest absolute Gasteiger partial charge is 0.481 e. The maximum atomic E-state index is 11.2. The van der Waals surface area contributed by atoms with Crippen LogP contribution in [0.3, 0.4) is 0 Å². The van der Waals surface area contributed by atoms with E-state index in [4.69, 9.17) is 5.11 Å². The van der Waals surface area contributed by atoms with Gasteiger partial charge in [0.1, 0.15) is 0 Å². The van der Waals surface area contributed by atoms with Crippen molar-refractivity contribution < 1.29 is 14.7 Å². The van der Waals surface area contributed by atoms with Crippen molar-refractivity contribution in [3.8, 4) is 0 Å². The summed E-state index contributed by atoms with van der Waals surface area (Å²) < 4.78 is 0. The highest BCUT2D eigenvalue weighted by Crippen LogP contribution is 2.33. The van der Waals surface area contributed by atoms with Gasteiger partial charge in [0, 0.05) is 19.4 Å². The summed E-state index contributed by atoms with van der Waals surface area (Å²) in [5.74, 6) is 0.0532. The van der Waals surface area contributed by atoms with Gasteiger partial charge in [0.05, 0.1) is 0 Å². The van der Waals surface area contributed by atoms with Crippen molar-refractivity contribution in [2.75, 3.05) is 6.54 Å². The Morgan fingerprint density at radius 3 is 2.53 bits per heavy atom. The third-order valence-electron chi connectivity index (χ3n) is 2.60. The highest BCUT2D eigenvalue weighted by atomic mass is 16.4. The van der Waals surface area contributed by atoms with E-state index in [1.54, 1.807) is 0 Å². The molecule has 0 spiro atoms. The SMILES string of the molecule is O=C(O)CCCC(=O)NCCCC1CC1. The van der Waals surface area contributed by atoms with Crippen molar-refractivity contribution in [3.63, 3.8) is 0 Å². The molecule has 0 atom stereocenters. The number of hydrogen-bond acceptors (Lipinski definition) is 2. The third kappa shape index (κ3) is 6.94. The average Bonchev–Trinajstić information content (AvgIpc) is 2.95.